The summed E-state index contributed by atoms with van der Waals surface area (Å²) in [4.78, 5) is 11.7. The second kappa shape index (κ2) is 7.29. The van der Waals surface area contributed by atoms with Gasteiger partial charge in [-0.3, -0.25) is 10.0 Å². The highest BCUT2D eigenvalue weighted by Gasteiger charge is 2.36. The molecule has 2 rings (SSSR count). The molecule has 0 saturated carbocycles. The summed E-state index contributed by atoms with van der Waals surface area (Å²) < 4.78 is 25.9. The minimum atomic E-state index is -3.79. The molecular weight excluding hydrogens is 342 g/mol. The predicted molar refractivity (Wildman–Crippen MR) is 86.8 cm³/mol. The zero-order valence-corrected chi connectivity index (χ0v) is 14.1. The van der Waals surface area contributed by atoms with E-state index in [9.17, 15) is 13.2 Å². The van der Waals surface area contributed by atoms with Crippen molar-refractivity contribution in [2.24, 2.45) is 5.10 Å². The standard InChI is InChI=1S/C14H18ClN3O4S/c1-10-2-7-13(14(19)17-20)18(16-10)23(21,22)9-8-11-3-5-12(15)6-4-11/h3-6,13,20H,2,7-9H2,1H3,(H,17,19). The Morgan fingerprint density at radius 2 is 2.09 bits per heavy atom. The van der Waals surface area contributed by atoms with Crippen molar-refractivity contribution in [3.63, 3.8) is 0 Å². The average Bonchev–Trinajstić information content (AvgIpc) is 2.53. The Morgan fingerprint density at radius 3 is 2.70 bits per heavy atom. The normalized spacial score (nSPS) is 18.5. The maximum atomic E-state index is 12.5. The molecule has 2 N–H and O–H groups in total. The summed E-state index contributed by atoms with van der Waals surface area (Å²) in [5.41, 5.74) is 2.95. The third kappa shape index (κ3) is 4.43. The number of hydrogen-bond donors (Lipinski definition) is 2. The summed E-state index contributed by atoms with van der Waals surface area (Å²) in [5, 5.41) is 13.4. The minimum absolute atomic E-state index is 0.194. The molecule has 126 valence electrons. The quantitative estimate of drug-likeness (QED) is 0.615. The highest BCUT2D eigenvalue weighted by atomic mass is 35.5. The van der Waals surface area contributed by atoms with Crippen molar-refractivity contribution in [1.82, 2.24) is 9.89 Å². The van der Waals surface area contributed by atoms with Gasteiger partial charge in [-0.05, 0) is 43.9 Å². The van der Waals surface area contributed by atoms with Crippen molar-refractivity contribution in [3.8, 4) is 0 Å². The first-order chi connectivity index (χ1) is 10.8. The molecule has 1 aliphatic rings. The largest absolute Gasteiger partial charge is 0.289 e. The van der Waals surface area contributed by atoms with Gasteiger partial charge in [0.15, 0.2) is 0 Å². The number of amides is 1. The van der Waals surface area contributed by atoms with E-state index in [1.807, 2.05) is 0 Å². The van der Waals surface area contributed by atoms with Crippen molar-refractivity contribution in [3.05, 3.63) is 34.9 Å². The van der Waals surface area contributed by atoms with Crippen LogP contribution in [0.1, 0.15) is 25.3 Å². The van der Waals surface area contributed by atoms with E-state index in [4.69, 9.17) is 16.8 Å². The molecule has 9 heteroatoms. The third-order valence-electron chi connectivity index (χ3n) is 3.58. The van der Waals surface area contributed by atoms with Crippen LogP contribution in [0.25, 0.3) is 0 Å². The molecule has 1 amide bonds. The molecule has 1 unspecified atom stereocenters. The number of aryl methyl sites for hydroxylation is 1. The summed E-state index contributed by atoms with van der Waals surface area (Å²) in [6.07, 6.45) is 1.06. The zero-order valence-electron chi connectivity index (χ0n) is 12.6. The van der Waals surface area contributed by atoms with Crippen LogP contribution in [0, 0.1) is 0 Å². The van der Waals surface area contributed by atoms with E-state index < -0.39 is 22.0 Å². The number of carbonyl (C=O) groups is 1. The first-order valence-electron chi connectivity index (χ1n) is 7.08. The molecule has 1 aliphatic heterocycles. The SMILES string of the molecule is CC1=NN(S(=O)(=O)CCc2ccc(Cl)cc2)C(C(=O)NO)CC1. The molecule has 1 atom stereocenters. The van der Waals surface area contributed by atoms with Gasteiger partial charge in [-0.1, -0.05) is 23.7 Å². The van der Waals surface area contributed by atoms with Crippen LogP contribution in [0.15, 0.2) is 29.4 Å². The van der Waals surface area contributed by atoms with Crippen LogP contribution in [0.5, 0.6) is 0 Å². The fourth-order valence-corrected chi connectivity index (χ4v) is 3.96. The number of nitrogens with zero attached hydrogens (tertiary/aromatic N) is 2. The molecule has 0 fully saturated rings. The lowest BCUT2D eigenvalue weighted by Crippen LogP contribution is -2.49. The first-order valence-corrected chi connectivity index (χ1v) is 9.07. The second-order valence-electron chi connectivity index (χ2n) is 5.33. The lowest BCUT2D eigenvalue weighted by atomic mass is 10.1. The van der Waals surface area contributed by atoms with Gasteiger partial charge in [-0.2, -0.15) is 9.52 Å². The number of carbonyl (C=O) groups excluding carboxylic acids is 1. The monoisotopic (exact) mass is 359 g/mol. The van der Waals surface area contributed by atoms with Crippen LogP contribution in [-0.2, 0) is 21.2 Å². The van der Waals surface area contributed by atoms with Gasteiger partial charge < -0.3 is 0 Å². The van der Waals surface area contributed by atoms with Crippen LogP contribution >= 0.6 is 11.6 Å². The fourth-order valence-electron chi connectivity index (χ4n) is 2.30. The van der Waals surface area contributed by atoms with Crippen LogP contribution in [-0.4, -0.2) is 41.5 Å². The van der Waals surface area contributed by atoms with Gasteiger partial charge in [-0.25, -0.2) is 13.9 Å². The van der Waals surface area contributed by atoms with Crippen molar-refractivity contribution < 1.29 is 18.4 Å². The number of rotatable bonds is 5. The number of nitrogens with one attached hydrogen (secondary N) is 1. The molecule has 0 aromatic heterocycles. The Hall–Kier alpha value is -1.64. The third-order valence-corrected chi connectivity index (χ3v) is 5.45. The van der Waals surface area contributed by atoms with Gasteiger partial charge in [0.05, 0.1) is 5.75 Å². The predicted octanol–water partition coefficient (Wildman–Crippen LogP) is 1.56. The van der Waals surface area contributed by atoms with Crippen LogP contribution in [0.2, 0.25) is 5.02 Å². The van der Waals surface area contributed by atoms with E-state index >= 15 is 0 Å². The van der Waals surface area contributed by atoms with Gasteiger partial charge in [0.25, 0.3) is 15.9 Å². The number of benzene rings is 1. The number of hydrazone groups is 1. The first kappa shape index (κ1) is 17.7. The molecule has 1 aromatic carbocycles. The minimum Gasteiger partial charge on any atom is -0.289 e. The summed E-state index contributed by atoms with van der Waals surface area (Å²) in [6, 6.07) is 5.85. The molecule has 0 radical (unpaired) electrons. The van der Waals surface area contributed by atoms with Crippen molar-refractivity contribution in [1.29, 1.82) is 0 Å². The van der Waals surface area contributed by atoms with Crippen molar-refractivity contribution in [2.45, 2.75) is 32.2 Å². The molecule has 0 bridgehead atoms. The molecule has 7 nitrogen and oxygen atoms in total. The Balaban J connectivity index is 2.16. The second-order valence-corrected chi connectivity index (χ2v) is 7.71. The lowest BCUT2D eigenvalue weighted by Gasteiger charge is -2.30. The van der Waals surface area contributed by atoms with Crippen molar-refractivity contribution in [2.75, 3.05) is 5.75 Å². The van der Waals surface area contributed by atoms with Gasteiger partial charge in [-0.15, -0.1) is 0 Å². The highest BCUT2D eigenvalue weighted by molar-refractivity contribution is 7.89. The van der Waals surface area contributed by atoms with E-state index in [1.54, 1.807) is 31.2 Å². The molecule has 1 heterocycles. The van der Waals surface area contributed by atoms with Gasteiger partial charge >= 0.3 is 0 Å². The van der Waals surface area contributed by atoms with Gasteiger partial charge in [0.1, 0.15) is 6.04 Å². The zero-order chi connectivity index (χ0) is 17.0. The summed E-state index contributed by atoms with van der Waals surface area (Å²) in [6.45, 7) is 1.70. The Kier molecular flexibility index (Phi) is 5.61. The van der Waals surface area contributed by atoms with Crippen LogP contribution in [0.4, 0.5) is 0 Å². The van der Waals surface area contributed by atoms with Crippen LogP contribution < -0.4 is 5.48 Å². The maximum Gasteiger partial charge on any atom is 0.269 e. The number of hydroxylamine groups is 1. The van der Waals surface area contributed by atoms with Gasteiger partial charge in [0.2, 0.25) is 0 Å². The fraction of sp³-hybridized carbons (Fsp3) is 0.429. The Bertz CT molecular complexity index is 703. The van der Waals surface area contributed by atoms with Crippen molar-refractivity contribution >= 4 is 33.2 Å². The van der Waals surface area contributed by atoms with E-state index in [-0.39, 0.29) is 18.6 Å². The van der Waals surface area contributed by atoms with Gasteiger partial charge in [0, 0.05) is 10.7 Å². The van der Waals surface area contributed by atoms with Crippen LogP contribution in [0.3, 0.4) is 0 Å². The molecular formula is C14H18ClN3O4S. The lowest BCUT2D eigenvalue weighted by molar-refractivity contribution is -0.133. The summed E-state index contributed by atoms with van der Waals surface area (Å²) in [7, 11) is -3.79. The smallest absolute Gasteiger partial charge is 0.269 e. The summed E-state index contributed by atoms with van der Waals surface area (Å²) >= 11 is 5.80. The summed E-state index contributed by atoms with van der Waals surface area (Å²) in [5.74, 6) is -0.975. The Morgan fingerprint density at radius 1 is 1.43 bits per heavy atom. The van der Waals surface area contributed by atoms with E-state index in [1.165, 1.54) is 5.48 Å². The van der Waals surface area contributed by atoms with E-state index in [0.717, 1.165) is 9.98 Å². The molecule has 0 spiro atoms. The average molecular weight is 360 g/mol. The molecule has 1 aromatic rings. The molecule has 23 heavy (non-hydrogen) atoms. The number of sulfonamides is 1. The van der Waals surface area contributed by atoms with E-state index in [0.29, 0.717) is 17.2 Å². The maximum absolute atomic E-state index is 12.5. The number of hydrogen-bond acceptors (Lipinski definition) is 5. The highest BCUT2D eigenvalue weighted by Crippen LogP contribution is 2.21. The topological polar surface area (TPSA) is 99.1 Å². The van der Waals surface area contributed by atoms with E-state index in [2.05, 4.69) is 5.10 Å². The molecule has 0 aliphatic carbocycles. The Labute approximate surface area is 139 Å². The number of halogens is 1. The molecule has 0 saturated heterocycles.